The second kappa shape index (κ2) is 13.7. The SMILES string of the molecule is COC(=O)CC(Cc1cc(C(C)(C)C)c(O)c(C(C)(C)C)c1)(C(=O)OC1CC(C)(C)N(O)C(C)(C)C1)C(=O)OC1CC(C)(C)N(O)C(C)(C)C1. The van der Waals surface area contributed by atoms with E-state index in [9.17, 15) is 29.9 Å². The van der Waals surface area contributed by atoms with Gasteiger partial charge in [-0.15, -0.1) is 0 Å². The van der Waals surface area contributed by atoms with Crippen LogP contribution in [0.5, 0.6) is 5.75 Å². The maximum absolute atomic E-state index is 14.8. The summed E-state index contributed by atoms with van der Waals surface area (Å²) in [5.41, 5.74) is -4.38. The van der Waals surface area contributed by atoms with Gasteiger partial charge in [0.15, 0.2) is 5.41 Å². The van der Waals surface area contributed by atoms with Gasteiger partial charge in [-0.05, 0) is 89.3 Å². The van der Waals surface area contributed by atoms with Gasteiger partial charge in [0.05, 0.1) is 13.5 Å². The van der Waals surface area contributed by atoms with Gasteiger partial charge in [-0.2, -0.15) is 10.1 Å². The zero-order valence-corrected chi connectivity index (χ0v) is 33.2. The standard InChI is InChI=1S/C39H64N2O9/c1-33(2,3)27-16-24(17-28(30(27)43)34(4,5)6)18-39(23-29(42)48-15,31(44)49-25-19-35(7,8)40(46)36(9,10)20-25)32(45)50-26-21-37(11,12)41(47)38(13,14)22-26/h16-17,25-26,43,46-47H,18-23H2,1-15H3. The minimum Gasteiger partial charge on any atom is -0.507 e. The minimum atomic E-state index is -2.16. The van der Waals surface area contributed by atoms with E-state index in [1.807, 2.05) is 96.9 Å². The highest BCUT2D eigenvalue weighted by molar-refractivity contribution is 6.03. The summed E-state index contributed by atoms with van der Waals surface area (Å²) in [6, 6.07) is 3.56. The van der Waals surface area contributed by atoms with Gasteiger partial charge in [0.2, 0.25) is 0 Å². The molecule has 0 radical (unpaired) electrons. The molecule has 284 valence electrons. The fourth-order valence-corrected chi connectivity index (χ4v) is 8.09. The Hall–Kier alpha value is -2.73. The third-order valence-corrected chi connectivity index (χ3v) is 10.5. The van der Waals surface area contributed by atoms with Crippen molar-refractivity contribution in [1.29, 1.82) is 0 Å². The fraction of sp³-hybridized carbons (Fsp3) is 0.769. The minimum absolute atomic E-state index is 0.137. The van der Waals surface area contributed by atoms with Crippen LogP contribution in [-0.4, -0.2) is 85.0 Å². The van der Waals surface area contributed by atoms with E-state index < -0.39 is 74.9 Å². The molecule has 0 spiro atoms. The van der Waals surface area contributed by atoms with E-state index in [2.05, 4.69) is 0 Å². The lowest BCUT2D eigenvalue weighted by Crippen LogP contribution is -2.62. The van der Waals surface area contributed by atoms with Crippen LogP contribution >= 0.6 is 0 Å². The molecule has 11 nitrogen and oxygen atoms in total. The highest BCUT2D eigenvalue weighted by atomic mass is 16.6. The Kier molecular flexibility index (Phi) is 11.4. The van der Waals surface area contributed by atoms with Crippen LogP contribution in [-0.2, 0) is 45.8 Å². The first kappa shape index (κ1) is 41.7. The first-order valence-electron chi connectivity index (χ1n) is 17.7. The van der Waals surface area contributed by atoms with E-state index in [-0.39, 0.29) is 37.9 Å². The molecule has 0 unspecified atom stereocenters. The molecule has 0 saturated carbocycles. The van der Waals surface area contributed by atoms with Crippen LogP contribution in [0.1, 0.15) is 146 Å². The van der Waals surface area contributed by atoms with E-state index >= 15 is 0 Å². The summed E-state index contributed by atoms with van der Waals surface area (Å²) >= 11 is 0. The highest BCUT2D eigenvalue weighted by Gasteiger charge is 2.56. The van der Waals surface area contributed by atoms with Crippen molar-refractivity contribution in [3.63, 3.8) is 0 Å². The number of phenolic OH excluding ortho intramolecular Hbond substituents is 1. The number of aromatic hydroxyl groups is 1. The molecule has 0 aromatic heterocycles. The van der Waals surface area contributed by atoms with Gasteiger partial charge in [-0.25, -0.2) is 0 Å². The van der Waals surface area contributed by atoms with Gasteiger partial charge >= 0.3 is 17.9 Å². The molecule has 1 aromatic carbocycles. The largest absolute Gasteiger partial charge is 0.507 e. The number of ether oxygens (including phenoxy) is 3. The van der Waals surface area contributed by atoms with Crippen LogP contribution in [0.15, 0.2) is 12.1 Å². The van der Waals surface area contributed by atoms with E-state index in [4.69, 9.17) is 14.2 Å². The molecule has 2 fully saturated rings. The van der Waals surface area contributed by atoms with Crippen LogP contribution in [0, 0.1) is 5.41 Å². The number of carbonyl (C=O) groups is 3. The molecule has 3 N–H and O–H groups in total. The molecule has 0 aliphatic carbocycles. The fourth-order valence-electron chi connectivity index (χ4n) is 8.09. The Morgan fingerprint density at radius 1 is 0.700 bits per heavy atom. The number of piperidine rings is 2. The number of hydrogen-bond acceptors (Lipinski definition) is 11. The Labute approximate surface area is 299 Å². The van der Waals surface area contributed by atoms with Gasteiger partial charge in [0, 0.05) is 47.8 Å². The zero-order chi connectivity index (χ0) is 38.6. The number of phenols is 1. The summed E-state index contributed by atoms with van der Waals surface area (Å²) in [4.78, 5) is 42.9. The van der Waals surface area contributed by atoms with Crippen molar-refractivity contribution in [2.24, 2.45) is 5.41 Å². The lowest BCUT2D eigenvalue weighted by molar-refractivity contribution is -0.263. The number of methoxy groups -OCH3 is 1. The summed E-state index contributed by atoms with van der Waals surface area (Å²) in [6.07, 6.45) is -1.17. The molecule has 3 rings (SSSR count). The molecule has 2 heterocycles. The normalized spacial score (nSPS) is 21.8. The molecule has 0 atom stereocenters. The molecular formula is C39H64N2O9. The van der Waals surface area contributed by atoms with E-state index in [1.165, 1.54) is 17.2 Å². The molecule has 2 aliphatic rings. The third-order valence-electron chi connectivity index (χ3n) is 10.5. The average Bonchev–Trinajstić information content (AvgIpc) is 2.92. The van der Waals surface area contributed by atoms with Crippen LogP contribution < -0.4 is 0 Å². The summed E-state index contributed by atoms with van der Waals surface area (Å²) < 4.78 is 17.6. The molecule has 2 saturated heterocycles. The predicted octanol–water partition coefficient (Wildman–Crippen LogP) is 6.99. The van der Waals surface area contributed by atoms with E-state index in [0.29, 0.717) is 16.7 Å². The molecule has 0 amide bonds. The number of hydrogen-bond donors (Lipinski definition) is 3. The van der Waals surface area contributed by atoms with Gasteiger partial charge in [-0.3, -0.25) is 14.4 Å². The Bertz CT molecular complexity index is 1320. The van der Waals surface area contributed by atoms with Crippen molar-refractivity contribution in [2.45, 2.75) is 181 Å². The van der Waals surface area contributed by atoms with Crippen molar-refractivity contribution in [3.05, 3.63) is 28.8 Å². The highest BCUT2D eigenvalue weighted by Crippen LogP contribution is 2.45. The van der Waals surface area contributed by atoms with Gasteiger partial charge < -0.3 is 29.7 Å². The lowest BCUT2D eigenvalue weighted by Gasteiger charge is -2.51. The second-order valence-corrected chi connectivity index (χ2v) is 19.3. The Morgan fingerprint density at radius 3 is 1.30 bits per heavy atom. The summed E-state index contributed by atoms with van der Waals surface area (Å²) in [5.74, 6) is -2.49. The second-order valence-electron chi connectivity index (χ2n) is 19.3. The summed E-state index contributed by atoms with van der Waals surface area (Å²) in [7, 11) is 1.20. The first-order chi connectivity index (χ1) is 22.4. The summed E-state index contributed by atoms with van der Waals surface area (Å²) in [5, 5.41) is 35.8. The van der Waals surface area contributed by atoms with Crippen LogP contribution in [0.25, 0.3) is 0 Å². The van der Waals surface area contributed by atoms with Crippen LogP contribution in [0.2, 0.25) is 0 Å². The van der Waals surface area contributed by atoms with Crippen LogP contribution in [0.3, 0.4) is 0 Å². The lowest BCUT2D eigenvalue weighted by atomic mass is 9.73. The monoisotopic (exact) mass is 704 g/mol. The van der Waals surface area contributed by atoms with Crippen molar-refractivity contribution in [3.8, 4) is 5.75 Å². The van der Waals surface area contributed by atoms with Crippen LogP contribution in [0.4, 0.5) is 0 Å². The van der Waals surface area contributed by atoms with E-state index in [0.717, 1.165) is 0 Å². The van der Waals surface area contributed by atoms with Crippen molar-refractivity contribution >= 4 is 17.9 Å². The van der Waals surface area contributed by atoms with Gasteiger partial charge in [-0.1, -0.05) is 53.7 Å². The predicted molar refractivity (Wildman–Crippen MR) is 190 cm³/mol. The Morgan fingerprint density at radius 2 is 1.02 bits per heavy atom. The smallest absolute Gasteiger partial charge is 0.324 e. The number of hydroxylamine groups is 4. The maximum Gasteiger partial charge on any atom is 0.324 e. The molecule has 0 bridgehead atoms. The quantitative estimate of drug-likeness (QED) is 0.146. The number of nitrogens with zero attached hydrogens (tertiary/aromatic N) is 2. The summed E-state index contributed by atoms with van der Waals surface area (Å²) in [6.45, 7) is 26.6. The number of carbonyl (C=O) groups excluding carboxylic acids is 3. The van der Waals surface area contributed by atoms with Crippen molar-refractivity contribution < 1.29 is 44.1 Å². The Balaban J connectivity index is 2.25. The number of rotatable bonds is 8. The first-order valence-corrected chi connectivity index (χ1v) is 17.7. The molecular weight excluding hydrogens is 640 g/mol. The zero-order valence-electron chi connectivity index (χ0n) is 33.2. The van der Waals surface area contributed by atoms with Crippen molar-refractivity contribution in [2.75, 3.05) is 7.11 Å². The maximum atomic E-state index is 14.8. The topological polar surface area (TPSA) is 146 Å². The van der Waals surface area contributed by atoms with Crippen molar-refractivity contribution in [1.82, 2.24) is 10.1 Å². The third kappa shape index (κ3) is 8.65. The average molecular weight is 705 g/mol. The van der Waals surface area contributed by atoms with E-state index in [1.54, 1.807) is 12.1 Å². The molecule has 2 aliphatic heterocycles. The van der Waals surface area contributed by atoms with Gasteiger partial charge in [0.25, 0.3) is 0 Å². The van der Waals surface area contributed by atoms with Gasteiger partial charge in [0.1, 0.15) is 18.0 Å². The molecule has 1 aromatic rings. The number of benzene rings is 1. The number of esters is 3. The molecule has 50 heavy (non-hydrogen) atoms. The molecule has 11 heteroatoms.